The van der Waals surface area contributed by atoms with E-state index in [4.69, 9.17) is 0 Å². The Bertz CT molecular complexity index is 465. The van der Waals surface area contributed by atoms with Gasteiger partial charge in [0.2, 0.25) is 0 Å². The topological polar surface area (TPSA) is 58.9 Å². The fourth-order valence-corrected chi connectivity index (χ4v) is 1.65. The van der Waals surface area contributed by atoms with Gasteiger partial charge in [-0.25, -0.2) is 0 Å². The van der Waals surface area contributed by atoms with Crippen molar-refractivity contribution < 1.29 is 5.11 Å². The number of rotatable bonds is 2. The van der Waals surface area contributed by atoms with Gasteiger partial charge in [0.15, 0.2) is 0 Å². The van der Waals surface area contributed by atoms with Crippen molar-refractivity contribution in [2.24, 2.45) is 0 Å². The highest BCUT2D eigenvalue weighted by atomic mass is 16.3. The first-order valence-electron chi connectivity index (χ1n) is 5.06. The molecule has 0 aromatic carbocycles. The smallest absolute Gasteiger partial charge is 0.123 e. The van der Waals surface area contributed by atoms with Gasteiger partial charge in [0.1, 0.15) is 6.10 Å². The normalized spacial score (nSPS) is 12.4. The summed E-state index contributed by atoms with van der Waals surface area (Å²) in [6.45, 7) is 3.81. The van der Waals surface area contributed by atoms with Crippen LogP contribution in [0.25, 0.3) is 0 Å². The predicted molar refractivity (Wildman–Crippen MR) is 59.8 cm³/mol. The molecule has 16 heavy (non-hydrogen) atoms. The Morgan fingerprint density at radius 3 is 2.38 bits per heavy atom. The third-order valence-corrected chi connectivity index (χ3v) is 2.28. The number of aliphatic hydroxyl groups is 1. The van der Waals surface area contributed by atoms with E-state index in [1.165, 1.54) is 0 Å². The number of nitrogens with zero attached hydrogens (tertiary/aromatic N) is 3. The van der Waals surface area contributed by atoms with Crippen LogP contribution in [0, 0.1) is 13.8 Å². The molecule has 0 aliphatic carbocycles. The minimum atomic E-state index is -0.742. The van der Waals surface area contributed by atoms with Crippen LogP contribution in [-0.4, -0.2) is 20.1 Å². The van der Waals surface area contributed by atoms with Crippen molar-refractivity contribution in [1.82, 2.24) is 15.0 Å². The second kappa shape index (κ2) is 4.37. The van der Waals surface area contributed by atoms with Crippen LogP contribution in [0.5, 0.6) is 0 Å². The van der Waals surface area contributed by atoms with E-state index in [2.05, 4.69) is 15.0 Å². The van der Waals surface area contributed by atoms with Crippen LogP contribution in [0.2, 0.25) is 0 Å². The Labute approximate surface area is 94.0 Å². The van der Waals surface area contributed by atoms with E-state index in [0.717, 1.165) is 17.0 Å². The second-order valence-corrected chi connectivity index (χ2v) is 3.72. The Balaban J connectivity index is 2.37. The third-order valence-electron chi connectivity index (χ3n) is 2.28. The van der Waals surface area contributed by atoms with E-state index >= 15 is 0 Å². The highest BCUT2D eigenvalue weighted by molar-refractivity contribution is 5.27. The molecule has 0 aliphatic heterocycles. The summed E-state index contributed by atoms with van der Waals surface area (Å²) >= 11 is 0. The van der Waals surface area contributed by atoms with Gasteiger partial charge in [0.05, 0.1) is 11.9 Å². The van der Waals surface area contributed by atoms with Crippen LogP contribution in [0.15, 0.2) is 30.7 Å². The van der Waals surface area contributed by atoms with E-state index < -0.39 is 6.10 Å². The number of hydrogen-bond donors (Lipinski definition) is 1. The zero-order chi connectivity index (χ0) is 11.5. The zero-order valence-electron chi connectivity index (χ0n) is 9.25. The molecule has 0 aliphatic rings. The Morgan fingerprint density at radius 2 is 1.81 bits per heavy atom. The molecular formula is C12H13N3O. The maximum Gasteiger partial charge on any atom is 0.123 e. The molecule has 2 rings (SSSR count). The lowest BCUT2D eigenvalue weighted by Gasteiger charge is -2.11. The largest absolute Gasteiger partial charge is 0.382 e. The monoisotopic (exact) mass is 215 g/mol. The average Bonchev–Trinajstić information content (AvgIpc) is 2.28. The molecule has 0 saturated carbocycles. The number of aryl methyl sites for hydroxylation is 2. The summed E-state index contributed by atoms with van der Waals surface area (Å²) in [6.07, 6.45) is 3.98. The summed E-state index contributed by atoms with van der Waals surface area (Å²) in [5.74, 6) is 0. The number of aromatic nitrogens is 3. The van der Waals surface area contributed by atoms with Crippen molar-refractivity contribution in [1.29, 1.82) is 0 Å². The SMILES string of the molecule is Cc1cc(C(O)c2cnccn2)cc(C)n1. The fraction of sp³-hybridized carbons (Fsp3) is 0.250. The summed E-state index contributed by atoms with van der Waals surface area (Å²) in [5, 5.41) is 10.1. The highest BCUT2D eigenvalue weighted by Crippen LogP contribution is 2.20. The molecule has 2 aromatic heterocycles. The molecule has 2 heterocycles. The minimum absolute atomic E-state index is 0.549. The van der Waals surface area contributed by atoms with Gasteiger partial charge in [-0.2, -0.15) is 0 Å². The fourth-order valence-electron chi connectivity index (χ4n) is 1.65. The van der Waals surface area contributed by atoms with Crippen molar-refractivity contribution in [2.45, 2.75) is 20.0 Å². The molecular weight excluding hydrogens is 202 g/mol. The molecule has 0 radical (unpaired) electrons. The molecule has 4 nitrogen and oxygen atoms in total. The number of pyridine rings is 1. The van der Waals surface area contributed by atoms with Crippen LogP contribution >= 0.6 is 0 Å². The van der Waals surface area contributed by atoms with Crippen molar-refractivity contribution in [3.8, 4) is 0 Å². The maximum absolute atomic E-state index is 10.1. The van der Waals surface area contributed by atoms with Gasteiger partial charge >= 0.3 is 0 Å². The standard InChI is InChI=1S/C12H13N3O/c1-8-5-10(6-9(2)15-8)12(16)11-7-13-3-4-14-11/h3-7,12,16H,1-2H3. The van der Waals surface area contributed by atoms with E-state index in [-0.39, 0.29) is 0 Å². The van der Waals surface area contributed by atoms with Gasteiger partial charge < -0.3 is 5.11 Å². The summed E-state index contributed by atoms with van der Waals surface area (Å²) in [5.41, 5.74) is 3.12. The summed E-state index contributed by atoms with van der Waals surface area (Å²) in [7, 11) is 0. The van der Waals surface area contributed by atoms with Crippen LogP contribution in [0.3, 0.4) is 0 Å². The quantitative estimate of drug-likeness (QED) is 0.826. The van der Waals surface area contributed by atoms with Crippen LogP contribution in [-0.2, 0) is 0 Å². The maximum atomic E-state index is 10.1. The van der Waals surface area contributed by atoms with Crippen molar-refractivity contribution in [3.63, 3.8) is 0 Å². The molecule has 0 saturated heterocycles. The van der Waals surface area contributed by atoms with Gasteiger partial charge in [-0.3, -0.25) is 15.0 Å². The van der Waals surface area contributed by atoms with Crippen LogP contribution in [0.4, 0.5) is 0 Å². The van der Waals surface area contributed by atoms with Gasteiger partial charge in [-0.05, 0) is 31.5 Å². The van der Waals surface area contributed by atoms with Crippen molar-refractivity contribution in [3.05, 3.63) is 53.4 Å². The molecule has 0 fully saturated rings. The first-order valence-corrected chi connectivity index (χ1v) is 5.06. The van der Waals surface area contributed by atoms with Crippen molar-refractivity contribution >= 4 is 0 Å². The molecule has 82 valence electrons. The molecule has 1 atom stereocenters. The molecule has 4 heteroatoms. The predicted octanol–water partition coefficient (Wildman–Crippen LogP) is 1.57. The molecule has 2 aromatic rings. The van der Waals surface area contributed by atoms with Gasteiger partial charge in [-0.15, -0.1) is 0 Å². The van der Waals surface area contributed by atoms with Crippen LogP contribution in [0.1, 0.15) is 28.7 Å². The molecule has 1 unspecified atom stereocenters. The van der Waals surface area contributed by atoms with Crippen molar-refractivity contribution in [2.75, 3.05) is 0 Å². The summed E-state index contributed by atoms with van der Waals surface area (Å²) in [4.78, 5) is 12.3. The van der Waals surface area contributed by atoms with E-state index in [9.17, 15) is 5.11 Å². The van der Waals surface area contributed by atoms with E-state index in [1.807, 2.05) is 26.0 Å². The second-order valence-electron chi connectivity index (χ2n) is 3.72. The first-order chi connectivity index (χ1) is 7.66. The lowest BCUT2D eigenvalue weighted by atomic mass is 10.1. The van der Waals surface area contributed by atoms with E-state index in [1.54, 1.807) is 18.6 Å². The zero-order valence-corrected chi connectivity index (χ0v) is 9.25. The first kappa shape index (κ1) is 10.7. The highest BCUT2D eigenvalue weighted by Gasteiger charge is 2.12. The Kier molecular flexibility index (Phi) is 2.92. The number of hydrogen-bond acceptors (Lipinski definition) is 4. The lowest BCUT2D eigenvalue weighted by Crippen LogP contribution is -2.04. The summed E-state index contributed by atoms with van der Waals surface area (Å²) < 4.78 is 0. The van der Waals surface area contributed by atoms with Gasteiger partial charge in [0, 0.05) is 23.8 Å². The number of aliphatic hydroxyl groups excluding tert-OH is 1. The Hall–Kier alpha value is -1.81. The lowest BCUT2D eigenvalue weighted by molar-refractivity contribution is 0.214. The van der Waals surface area contributed by atoms with Crippen LogP contribution < -0.4 is 0 Å². The molecule has 1 N–H and O–H groups in total. The molecule has 0 bridgehead atoms. The van der Waals surface area contributed by atoms with Gasteiger partial charge in [-0.1, -0.05) is 0 Å². The average molecular weight is 215 g/mol. The molecule has 0 amide bonds. The van der Waals surface area contributed by atoms with Gasteiger partial charge in [0.25, 0.3) is 0 Å². The molecule has 0 spiro atoms. The Morgan fingerprint density at radius 1 is 1.12 bits per heavy atom. The minimum Gasteiger partial charge on any atom is -0.382 e. The van der Waals surface area contributed by atoms with E-state index in [0.29, 0.717) is 5.69 Å². The third kappa shape index (κ3) is 2.23. The summed E-state index contributed by atoms with van der Waals surface area (Å²) in [6, 6.07) is 3.71.